The fraction of sp³-hybridized carbons (Fsp3) is 0.194. The number of carbonyl (C=O) groups excluding carboxylic acids is 1. The molecule has 3 unspecified atom stereocenters. The van der Waals surface area contributed by atoms with Gasteiger partial charge < -0.3 is 0 Å². The van der Waals surface area contributed by atoms with Crippen LogP contribution >= 0.6 is 23.2 Å². The third-order valence-electron chi connectivity index (χ3n) is 7.25. The molecule has 1 fully saturated rings. The van der Waals surface area contributed by atoms with E-state index in [4.69, 9.17) is 28.3 Å². The molecule has 0 bridgehead atoms. The summed E-state index contributed by atoms with van der Waals surface area (Å²) in [6, 6.07) is 24.9. The van der Waals surface area contributed by atoms with Crippen molar-refractivity contribution in [1.82, 2.24) is 9.99 Å². The molecule has 4 nitrogen and oxygen atoms in total. The topological polar surface area (TPSA) is 45.6 Å². The summed E-state index contributed by atoms with van der Waals surface area (Å²) in [7, 11) is 0. The van der Waals surface area contributed by atoms with Crippen molar-refractivity contribution in [3.63, 3.8) is 0 Å². The largest absolute Gasteiger partial charge is 0.274 e. The Morgan fingerprint density at radius 3 is 2.46 bits per heavy atom. The summed E-state index contributed by atoms with van der Waals surface area (Å²) >= 11 is 12.3. The molecule has 0 spiro atoms. The predicted molar refractivity (Wildman–Crippen MR) is 151 cm³/mol. The lowest BCUT2D eigenvalue weighted by Gasteiger charge is -2.32. The molecule has 1 aliphatic carbocycles. The second kappa shape index (κ2) is 9.77. The number of halogens is 2. The lowest BCUT2D eigenvalue weighted by molar-refractivity contribution is 0.0676. The first kappa shape index (κ1) is 23.9. The Hall–Kier alpha value is -3.47. The van der Waals surface area contributed by atoms with Crippen LogP contribution in [0.4, 0.5) is 0 Å². The minimum atomic E-state index is -0.208. The Labute approximate surface area is 226 Å². The van der Waals surface area contributed by atoms with Gasteiger partial charge in [0, 0.05) is 33.1 Å². The quantitative estimate of drug-likeness (QED) is 0.270. The number of aromatic nitrogens is 1. The molecule has 2 aliphatic rings. The molecule has 1 saturated carbocycles. The van der Waals surface area contributed by atoms with Crippen LogP contribution in [0.15, 0.2) is 95.7 Å². The Bertz CT molecular complexity index is 1540. The van der Waals surface area contributed by atoms with Crippen LogP contribution in [0, 0.1) is 11.8 Å². The molecule has 2 heterocycles. The van der Waals surface area contributed by atoms with E-state index in [-0.39, 0.29) is 17.9 Å². The molecular formula is C31H25Cl2N3O. The highest BCUT2D eigenvalue weighted by Crippen LogP contribution is 2.46. The average molecular weight is 526 g/mol. The summed E-state index contributed by atoms with van der Waals surface area (Å²) in [4.78, 5) is 18.4. The van der Waals surface area contributed by atoms with E-state index in [0.717, 1.165) is 40.6 Å². The van der Waals surface area contributed by atoms with Gasteiger partial charge in [0.25, 0.3) is 5.91 Å². The Morgan fingerprint density at radius 1 is 0.973 bits per heavy atom. The summed E-state index contributed by atoms with van der Waals surface area (Å²) in [5, 5.41) is 9.03. The molecule has 0 radical (unpaired) electrons. The maximum Gasteiger partial charge on any atom is 0.274 e. The van der Waals surface area contributed by atoms with Crippen molar-refractivity contribution in [3.8, 4) is 0 Å². The number of amides is 1. The Balaban J connectivity index is 1.45. The zero-order valence-electron chi connectivity index (χ0n) is 20.3. The molecule has 37 heavy (non-hydrogen) atoms. The van der Waals surface area contributed by atoms with E-state index in [0.29, 0.717) is 21.5 Å². The van der Waals surface area contributed by atoms with Crippen LogP contribution < -0.4 is 0 Å². The Kier molecular flexibility index (Phi) is 6.31. The number of allylic oxidation sites excluding steroid dienone is 1. The van der Waals surface area contributed by atoms with Crippen LogP contribution in [-0.4, -0.2) is 21.6 Å². The number of nitrogens with zero attached hydrogens (tertiary/aromatic N) is 3. The van der Waals surface area contributed by atoms with E-state index < -0.39 is 0 Å². The van der Waals surface area contributed by atoms with Crippen LogP contribution in [0.3, 0.4) is 0 Å². The van der Waals surface area contributed by atoms with E-state index in [1.165, 1.54) is 5.57 Å². The summed E-state index contributed by atoms with van der Waals surface area (Å²) in [5.74, 6) is 0.430. The number of benzene rings is 3. The monoisotopic (exact) mass is 525 g/mol. The van der Waals surface area contributed by atoms with Gasteiger partial charge in [0.05, 0.1) is 17.3 Å². The minimum Gasteiger partial charge on any atom is -0.267 e. The molecule has 1 amide bonds. The molecule has 184 valence electrons. The normalized spacial score (nSPS) is 22.2. The van der Waals surface area contributed by atoms with Gasteiger partial charge in [0.15, 0.2) is 0 Å². The number of pyridine rings is 1. The Morgan fingerprint density at radius 2 is 1.70 bits per heavy atom. The van der Waals surface area contributed by atoms with Gasteiger partial charge in [-0.2, -0.15) is 5.10 Å². The molecule has 3 atom stereocenters. The van der Waals surface area contributed by atoms with E-state index in [9.17, 15) is 4.79 Å². The van der Waals surface area contributed by atoms with Crippen molar-refractivity contribution in [2.24, 2.45) is 16.9 Å². The van der Waals surface area contributed by atoms with Gasteiger partial charge in [-0.25, -0.2) is 5.01 Å². The highest BCUT2D eigenvalue weighted by molar-refractivity contribution is 6.30. The molecule has 0 saturated heterocycles. The van der Waals surface area contributed by atoms with Gasteiger partial charge in [0.1, 0.15) is 0 Å². The van der Waals surface area contributed by atoms with E-state index >= 15 is 0 Å². The standard InChI is InChI=1S/C31H25Cl2N3O/c1-19-15-24(17-20-4-9-25(32)10-5-20)29-27(16-19)30(21-6-11-26(33)12-7-21)36(35-29)31(37)23-8-13-28-22(18-23)3-2-14-34-28/h2-14,17-19,27,30H,15-16H2,1H3/b24-17-. The number of hydrogen-bond donors (Lipinski definition) is 0. The molecule has 1 aromatic heterocycles. The number of hydrogen-bond acceptors (Lipinski definition) is 3. The summed E-state index contributed by atoms with van der Waals surface area (Å²) in [5.41, 5.74) is 5.72. The van der Waals surface area contributed by atoms with E-state index in [1.807, 2.05) is 78.9 Å². The van der Waals surface area contributed by atoms with Gasteiger partial charge in [0.2, 0.25) is 0 Å². The maximum absolute atomic E-state index is 14.0. The first-order valence-corrected chi connectivity index (χ1v) is 13.2. The SMILES string of the molecule is CC1C/C(=C/c2ccc(Cl)cc2)C2=NN(C(=O)c3ccc4ncccc4c3)C(c3ccc(Cl)cc3)C2C1. The highest BCUT2D eigenvalue weighted by Gasteiger charge is 2.45. The predicted octanol–water partition coefficient (Wildman–Crippen LogP) is 8.22. The highest BCUT2D eigenvalue weighted by atomic mass is 35.5. The van der Waals surface area contributed by atoms with Crippen LogP contribution in [0.5, 0.6) is 0 Å². The third kappa shape index (κ3) is 4.68. The third-order valence-corrected chi connectivity index (χ3v) is 7.75. The van der Waals surface area contributed by atoms with Crippen LogP contribution in [0.2, 0.25) is 10.0 Å². The van der Waals surface area contributed by atoms with Crippen LogP contribution in [-0.2, 0) is 0 Å². The van der Waals surface area contributed by atoms with Gasteiger partial charge in [-0.3, -0.25) is 9.78 Å². The van der Waals surface area contributed by atoms with Crippen molar-refractivity contribution < 1.29 is 4.79 Å². The van der Waals surface area contributed by atoms with Gasteiger partial charge in [-0.15, -0.1) is 0 Å². The fourth-order valence-corrected chi connectivity index (χ4v) is 5.80. The van der Waals surface area contributed by atoms with Crippen LogP contribution in [0.25, 0.3) is 17.0 Å². The molecule has 4 aromatic rings. The molecule has 3 aromatic carbocycles. The smallest absolute Gasteiger partial charge is 0.267 e. The van der Waals surface area contributed by atoms with E-state index in [2.05, 4.69) is 18.0 Å². The van der Waals surface area contributed by atoms with Gasteiger partial charge in [-0.1, -0.05) is 60.5 Å². The van der Waals surface area contributed by atoms with Gasteiger partial charge in [-0.05, 0) is 90.1 Å². The van der Waals surface area contributed by atoms with Crippen molar-refractivity contribution in [2.75, 3.05) is 0 Å². The maximum atomic E-state index is 14.0. The number of rotatable bonds is 3. The average Bonchev–Trinajstić information content (AvgIpc) is 3.29. The molecular weight excluding hydrogens is 501 g/mol. The first-order valence-electron chi connectivity index (χ1n) is 12.4. The lowest BCUT2D eigenvalue weighted by Crippen LogP contribution is -2.33. The fourth-order valence-electron chi connectivity index (χ4n) is 5.55. The second-order valence-corrected chi connectivity index (χ2v) is 10.8. The minimum absolute atomic E-state index is 0.0922. The number of carbonyl (C=O) groups is 1. The zero-order valence-corrected chi connectivity index (χ0v) is 21.8. The molecule has 1 aliphatic heterocycles. The van der Waals surface area contributed by atoms with E-state index in [1.54, 1.807) is 11.2 Å². The lowest BCUT2D eigenvalue weighted by atomic mass is 9.73. The number of hydrazone groups is 1. The van der Waals surface area contributed by atoms with Gasteiger partial charge >= 0.3 is 0 Å². The van der Waals surface area contributed by atoms with Crippen molar-refractivity contribution in [2.45, 2.75) is 25.8 Å². The van der Waals surface area contributed by atoms with Crippen LogP contribution in [0.1, 0.15) is 47.3 Å². The summed E-state index contributed by atoms with van der Waals surface area (Å²) in [6.45, 7) is 2.27. The molecule has 0 N–H and O–H groups in total. The molecule has 6 heteroatoms. The van der Waals surface area contributed by atoms with Crippen molar-refractivity contribution in [1.29, 1.82) is 0 Å². The first-order chi connectivity index (χ1) is 18.0. The summed E-state index contributed by atoms with van der Waals surface area (Å²) in [6.07, 6.45) is 5.81. The van der Waals surface area contributed by atoms with Crippen molar-refractivity contribution in [3.05, 3.63) is 117 Å². The van der Waals surface area contributed by atoms with Crippen molar-refractivity contribution >= 4 is 51.8 Å². The zero-order chi connectivity index (χ0) is 25.5. The second-order valence-electron chi connectivity index (χ2n) is 9.91. The summed E-state index contributed by atoms with van der Waals surface area (Å²) < 4.78 is 0. The number of fused-ring (bicyclic) bond motifs is 2. The molecule has 6 rings (SSSR count).